The van der Waals surface area contributed by atoms with Crippen LogP contribution in [0.5, 0.6) is 0 Å². The molecular formula is C24H31N. The van der Waals surface area contributed by atoms with E-state index in [1.807, 2.05) is 0 Å². The highest BCUT2D eigenvalue weighted by atomic mass is 14.9. The van der Waals surface area contributed by atoms with Crippen LogP contribution in [0.15, 0.2) is 42.5 Å². The molecule has 0 amide bonds. The Morgan fingerprint density at radius 2 is 1.84 bits per heavy atom. The van der Waals surface area contributed by atoms with Gasteiger partial charge in [0.25, 0.3) is 0 Å². The number of rotatable bonds is 2. The molecule has 0 bridgehead atoms. The fourth-order valence-corrected chi connectivity index (χ4v) is 5.02. The van der Waals surface area contributed by atoms with Gasteiger partial charge in [-0.2, -0.15) is 0 Å². The first-order valence-corrected chi connectivity index (χ1v) is 9.88. The second-order valence-corrected chi connectivity index (χ2v) is 9.21. The van der Waals surface area contributed by atoms with E-state index in [2.05, 4.69) is 75.5 Å². The maximum atomic E-state index is 3.61. The van der Waals surface area contributed by atoms with Crippen molar-refractivity contribution in [3.8, 4) is 0 Å². The van der Waals surface area contributed by atoms with Crippen molar-refractivity contribution in [3.05, 3.63) is 64.7 Å². The molecule has 2 aliphatic rings. The molecule has 0 radical (unpaired) electrons. The van der Waals surface area contributed by atoms with Crippen LogP contribution in [0.1, 0.15) is 68.2 Å². The van der Waals surface area contributed by atoms with Crippen LogP contribution in [0.4, 0.5) is 5.69 Å². The molecular weight excluding hydrogens is 302 g/mol. The Morgan fingerprint density at radius 3 is 2.60 bits per heavy atom. The Kier molecular flexibility index (Phi) is 4.14. The van der Waals surface area contributed by atoms with Gasteiger partial charge in [-0.1, -0.05) is 64.1 Å². The summed E-state index contributed by atoms with van der Waals surface area (Å²) in [5.41, 5.74) is 7.87. The zero-order valence-corrected chi connectivity index (χ0v) is 16.1. The van der Waals surface area contributed by atoms with Gasteiger partial charge in [-0.15, -0.1) is 0 Å². The molecule has 4 rings (SSSR count). The third kappa shape index (κ3) is 3.10. The summed E-state index contributed by atoms with van der Waals surface area (Å²) in [6.45, 7) is 10.7. The first-order valence-electron chi connectivity index (χ1n) is 9.88. The Hall–Kier alpha value is -1.76. The summed E-state index contributed by atoms with van der Waals surface area (Å²) in [6, 6.07) is 16.2. The second kappa shape index (κ2) is 6.20. The lowest BCUT2D eigenvalue weighted by atomic mass is 9.72. The maximum absolute atomic E-state index is 3.61. The largest absolute Gasteiger partial charge is 0.385 e. The van der Waals surface area contributed by atoms with Crippen LogP contribution in [-0.2, 0) is 12.8 Å². The maximum Gasteiger partial charge on any atom is 0.0375 e. The smallest absolute Gasteiger partial charge is 0.0375 e. The number of fused-ring (bicyclic) bond motifs is 2. The average Bonchev–Trinajstić information content (AvgIpc) is 2.90. The number of hydrogen-bond donors (Lipinski definition) is 1. The van der Waals surface area contributed by atoms with Gasteiger partial charge >= 0.3 is 0 Å². The van der Waals surface area contributed by atoms with Gasteiger partial charge in [0.15, 0.2) is 0 Å². The van der Waals surface area contributed by atoms with E-state index in [0.29, 0.717) is 17.3 Å². The predicted octanol–water partition coefficient (Wildman–Crippen LogP) is 6.15. The van der Waals surface area contributed by atoms with Crippen LogP contribution in [0.25, 0.3) is 0 Å². The average molecular weight is 334 g/mol. The minimum atomic E-state index is 0.326. The SMILES string of the molecule is CC1c2ccccc2C[C@@H]1Cc1ccc2c(c1)C(C(C)(C)C)CCN2. The first-order chi connectivity index (χ1) is 11.9. The summed E-state index contributed by atoms with van der Waals surface area (Å²) in [5, 5.41) is 3.61. The van der Waals surface area contributed by atoms with E-state index in [4.69, 9.17) is 0 Å². The first kappa shape index (κ1) is 16.7. The van der Waals surface area contributed by atoms with Crippen LogP contribution in [0, 0.1) is 11.3 Å². The highest BCUT2D eigenvalue weighted by Crippen LogP contribution is 2.44. The van der Waals surface area contributed by atoms with Crippen LogP contribution < -0.4 is 5.32 Å². The molecule has 0 saturated heterocycles. The van der Waals surface area contributed by atoms with Gasteiger partial charge in [-0.25, -0.2) is 0 Å². The Bertz CT molecular complexity index is 768. The van der Waals surface area contributed by atoms with Crippen molar-refractivity contribution in [3.63, 3.8) is 0 Å². The molecule has 0 aromatic heterocycles. The molecule has 1 aliphatic heterocycles. The minimum Gasteiger partial charge on any atom is -0.385 e. The number of hydrogen-bond acceptors (Lipinski definition) is 1. The predicted molar refractivity (Wildman–Crippen MR) is 107 cm³/mol. The molecule has 2 unspecified atom stereocenters. The highest BCUT2D eigenvalue weighted by Gasteiger charge is 2.32. The summed E-state index contributed by atoms with van der Waals surface area (Å²) in [6.07, 6.45) is 3.67. The molecule has 1 heteroatoms. The quantitative estimate of drug-likeness (QED) is 0.695. The fourth-order valence-electron chi connectivity index (χ4n) is 5.02. The molecule has 3 atom stereocenters. The van der Waals surface area contributed by atoms with Crippen molar-refractivity contribution in [2.75, 3.05) is 11.9 Å². The minimum absolute atomic E-state index is 0.326. The summed E-state index contributed by atoms with van der Waals surface area (Å²) < 4.78 is 0. The van der Waals surface area contributed by atoms with Crippen molar-refractivity contribution in [2.24, 2.45) is 11.3 Å². The summed E-state index contributed by atoms with van der Waals surface area (Å²) in [7, 11) is 0. The highest BCUT2D eigenvalue weighted by molar-refractivity contribution is 5.57. The van der Waals surface area contributed by atoms with E-state index < -0.39 is 0 Å². The van der Waals surface area contributed by atoms with Gasteiger partial charge in [0.2, 0.25) is 0 Å². The van der Waals surface area contributed by atoms with Gasteiger partial charge in [0.1, 0.15) is 0 Å². The monoisotopic (exact) mass is 333 g/mol. The molecule has 0 saturated carbocycles. The zero-order chi connectivity index (χ0) is 17.6. The standard InChI is InChI=1S/C24H31N/c1-16-19(15-18-7-5-6-8-20(16)18)13-17-9-10-23-21(14-17)22(11-12-25-23)24(2,3)4/h5-10,14,16,19,22,25H,11-13,15H2,1-4H3/t16?,19-,22?/m0/s1. The van der Waals surface area contributed by atoms with E-state index in [1.165, 1.54) is 30.5 Å². The number of nitrogens with one attached hydrogen (secondary N) is 1. The van der Waals surface area contributed by atoms with Crippen molar-refractivity contribution in [1.29, 1.82) is 0 Å². The van der Waals surface area contributed by atoms with E-state index in [-0.39, 0.29) is 0 Å². The fraction of sp³-hybridized carbons (Fsp3) is 0.500. The molecule has 1 N–H and O–H groups in total. The van der Waals surface area contributed by atoms with Crippen LogP contribution in [0.3, 0.4) is 0 Å². The normalized spacial score (nSPS) is 25.2. The van der Waals surface area contributed by atoms with E-state index in [1.54, 1.807) is 16.7 Å². The Balaban J connectivity index is 1.59. The van der Waals surface area contributed by atoms with Crippen molar-refractivity contribution in [1.82, 2.24) is 0 Å². The summed E-state index contributed by atoms with van der Waals surface area (Å²) >= 11 is 0. The van der Waals surface area contributed by atoms with Gasteiger partial charge in [0, 0.05) is 12.2 Å². The van der Waals surface area contributed by atoms with Crippen molar-refractivity contribution in [2.45, 2.75) is 58.8 Å². The van der Waals surface area contributed by atoms with Crippen LogP contribution in [-0.4, -0.2) is 6.54 Å². The lowest BCUT2D eigenvalue weighted by Gasteiger charge is -2.36. The second-order valence-electron chi connectivity index (χ2n) is 9.21. The van der Waals surface area contributed by atoms with Crippen LogP contribution >= 0.6 is 0 Å². The van der Waals surface area contributed by atoms with Crippen molar-refractivity contribution < 1.29 is 0 Å². The molecule has 0 spiro atoms. The van der Waals surface area contributed by atoms with Gasteiger partial charge in [-0.3, -0.25) is 0 Å². The Labute approximate surface area is 152 Å². The van der Waals surface area contributed by atoms with E-state index >= 15 is 0 Å². The molecule has 2 aromatic carbocycles. The molecule has 0 fully saturated rings. The van der Waals surface area contributed by atoms with Crippen molar-refractivity contribution >= 4 is 5.69 Å². The molecule has 1 aliphatic carbocycles. The lowest BCUT2D eigenvalue weighted by molar-refractivity contribution is 0.305. The number of benzene rings is 2. The van der Waals surface area contributed by atoms with Gasteiger partial charge in [0.05, 0.1) is 0 Å². The lowest BCUT2D eigenvalue weighted by Crippen LogP contribution is -2.26. The Morgan fingerprint density at radius 1 is 1.04 bits per heavy atom. The molecule has 132 valence electrons. The van der Waals surface area contributed by atoms with Crippen LogP contribution in [0.2, 0.25) is 0 Å². The summed E-state index contributed by atoms with van der Waals surface area (Å²) in [5.74, 6) is 2.06. The third-order valence-electron chi connectivity index (χ3n) is 6.52. The zero-order valence-electron chi connectivity index (χ0n) is 16.1. The number of anilines is 1. The van der Waals surface area contributed by atoms with E-state index in [9.17, 15) is 0 Å². The molecule has 25 heavy (non-hydrogen) atoms. The topological polar surface area (TPSA) is 12.0 Å². The summed E-state index contributed by atoms with van der Waals surface area (Å²) in [4.78, 5) is 0. The molecule has 1 heterocycles. The molecule has 2 aromatic rings. The van der Waals surface area contributed by atoms with E-state index in [0.717, 1.165) is 12.5 Å². The third-order valence-corrected chi connectivity index (χ3v) is 6.52. The van der Waals surface area contributed by atoms with Gasteiger partial charge in [-0.05, 0) is 70.8 Å². The van der Waals surface area contributed by atoms with Gasteiger partial charge < -0.3 is 5.32 Å². The molecule has 1 nitrogen and oxygen atoms in total.